The molecule has 6 nitrogen and oxygen atoms in total. The molecule has 0 unspecified atom stereocenters. The zero-order valence-electron chi connectivity index (χ0n) is 18.0. The van der Waals surface area contributed by atoms with Crippen LogP contribution < -0.4 is 10.6 Å². The number of pyridine rings is 2. The van der Waals surface area contributed by atoms with Crippen LogP contribution in [0, 0.1) is 0 Å². The number of carbonyl (C=O) groups is 1. The van der Waals surface area contributed by atoms with E-state index < -0.39 is 0 Å². The van der Waals surface area contributed by atoms with Crippen LogP contribution in [0.1, 0.15) is 39.0 Å². The highest BCUT2D eigenvalue weighted by atomic mass is 16.5. The molecule has 162 valence electrons. The largest absolute Gasteiger partial charge is 0.466 e. The molecule has 0 amide bonds. The van der Waals surface area contributed by atoms with Crippen LogP contribution in [0.5, 0.6) is 0 Å². The average Bonchev–Trinajstić information content (AvgIpc) is 2.80. The third-order valence-corrected chi connectivity index (χ3v) is 5.01. The van der Waals surface area contributed by atoms with Crippen LogP contribution in [-0.4, -0.2) is 29.1 Å². The molecule has 0 aliphatic rings. The smallest absolute Gasteiger partial charge is 0.305 e. The van der Waals surface area contributed by atoms with Gasteiger partial charge in [0, 0.05) is 31.0 Å². The second kappa shape index (κ2) is 11.7. The lowest BCUT2D eigenvalue weighted by Gasteiger charge is -2.23. The van der Waals surface area contributed by atoms with Crippen LogP contribution in [0.3, 0.4) is 0 Å². The molecule has 2 N–H and O–H groups in total. The minimum Gasteiger partial charge on any atom is -0.466 e. The molecule has 0 radical (unpaired) electrons. The summed E-state index contributed by atoms with van der Waals surface area (Å²) in [5.74, 6) is 1.62. The van der Waals surface area contributed by atoms with E-state index in [1.165, 1.54) is 0 Å². The molecule has 0 saturated heterocycles. The number of benzene rings is 1. The second-order valence-corrected chi connectivity index (χ2v) is 7.33. The third-order valence-electron chi connectivity index (χ3n) is 5.01. The van der Waals surface area contributed by atoms with Gasteiger partial charge in [0.25, 0.3) is 0 Å². The Kier molecular flexibility index (Phi) is 8.40. The highest BCUT2D eigenvalue weighted by Crippen LogP contribution is 2.27. The summed E-state index contributed by atoms with van der Waals surface area (Å²) in [5.41, 5.74) is 8.75. The third kappa shape index (κ3) is 6.81. The molecule has 1 aromatic carbocycles. The number of nitrogen functional groups attached to an aromatic ring is 1. The van der Waals surface area contributed by atoms with Crippen molar-refractivity contribution in [3.63, 3.8) is 0 Å². The zero-order valence-corrected chi connectivity index (χ0v) is 18.0. The molecule has 0 atom stereocenters. The molecule has 0 aliphatic heterocycles. The summed E-state index contributed by atoms with van der Waals surface area (Å²) < 4.78 is 4.99. The lowest BCUT2D eigenvalue weighted by atomic mass is 10.1. The first-order chi connectivity index (χ1) is 15.2. The van der Waals surface area contributed by atoms with Crippen LogP contribution in [0.25, 0.3) is 11.1 Å². The van der Waals surface area contributed by atoms with Crippen molar-refractivity contribution in [3.8, 4) is 11.1 Å². The van der Waals surface area contributed by atoms with Gasteiger partial charge in [-0.3, -0.25) is 4.79 Å². The molecule has 0 spiro atoms. The number of unbranched alkanes of at least 4 members (excludes halogenated alkanes) is 3. The summed E-state index contributed by atoms with van der Waals surface area (Å²) in [5, 5.41) is 0. The molecular weight excluding hydrogens is 388 g/mol. The maximum atomic E-state index is 11.5. The number of aromatic nitrogens is 2. The summed E-state index contributed by atoms with van der Waals surface area (Å²) >= 11 is 0. The summed E-state index contributed by atoms with van der Waals surface area (Å²) in [6, 6.07) is 17.8. The Balaban J connectivity index is 1.67. The van der Waals surface area contributed by atoms with E-state index in [1.54, 1.807) is 6.20 Å². The van der Waals surface area contributed by atoms with Crippen molar-refractivity contribution in [2.45, 2.75) is 39.0 Å². The topological polar surface area (TPSA) is 81.3 Å². The number of hydrogen-bond acceptors (Lipinski definition) is 6. The maximum Gasteiger partial charge on any atom is 0.305 e. The number of ether oxygens (including phenoxy) is 1. The summed E-state index contributed by atoms with van der Waals surface area (Å²) in [4.78, 5) is 22.8. The fourth-order valence-electron chi connectivity index (χ4n) is 3.41. The molecular formula is C25H30N4O2. The first-order valence-corrected chi connectivity index (χ1v) is 10.8. The normalized spacial score (nSPS) is 10.6. The predicted octanol–water partition coefficient (Wildman–Crippen LogP) is 5.38. The Morgan fingerprint density at radius 1 is 0.903 bits per heavy atom. The monoisotopic (exact) mass is 418 g/mol. The SMILES string of the molecule is CCOC(=O)CCCCCCN(c1ccccn1)c1cc(-c2ccc(N)cc2)ccn1. The van der Waals surface area contributed by atoms with Gasteiger partial charge in [0.1, 0.15) is 11.6 Å². The van der Waals surface area contributed by atoms with Crippen LogP contribution >= 0.6 is 0 Å². The van der Waals surface area contributed by atoms with Gasteiger partial charge in [-0.1, -0.05) is 31.0 Å². The van der Waals surface area contributed by atoms with Crippen molar-refractivity contribution >= 4 is 23.3 Å². The highest BCUT2D eigenvalue weighted by molar-refractivity contribution is 5.70. The van der Waals surface area contributed by atoms with E-state index in [4.69, 9.17) is 10.5 Å². The molecule has 3 rings (SSSR count). The zero-order chi connectivity index (χ0) is 21.9. The maximum absolute atomic E-state index is 11.5. The minimum atomic E-state index is -0.110. The number of nitrogens with two attached hydrogens (primary N) is 1. The van der Waals surface area contributed by atoms with Crippen LogP contribution in [0.15, 0.2) is 67.0 Å². The van der Waals surface area contributed by atoms with E-state index in [2.05, 4.69) is 20.9 Å². The molecule has 0 saturated carbocycles. The summed E-state index contributed by atoms with van der Waals surface area (Å²) in [6.07, 6.45) is 7.97. The fourth-order valence-corrected chi connectivity index (χ4v) is 3.41. The summed E-state index contributed by atoms with van der Waals surface area (Å²) in [6.45, 7) is 3.08. The van der Waals surface area contributed by atoms with E-state index >= 15 is 0 Å². The minimum absolute atomic E-state index is 0.110. The van der Waals surface area contributed by atoms with E-state index in [0.717, 1.165) is 60.7 Å². The molecule has 0 bridgehead atoms. The molecule has 31 heavy (non-hydrogen) atoms. The van der Waals surface area contributed by atoms with Gasteiger partial charge in [-0.15, -0.1) is 0 Å². The van der Waals surface area contributed by atoms with Crippen LogP contribution in [0.2, 0.25) is 0 Å². The lowest BCUT2D eigenvalue weighted by Crippen LogP contribution is -2.20. The fraction of sp³-hybridized carbons (Fsp3) is 0.320. The summed E-state index contributed by atoms with van der Waals surface area (Å²) in [7, 11) is 0. The van der Waals surface area contributed by atoms with Gasteiger partial charge >= 0.3 is 5.97 Å². The van der Waals surface area contributed by atoms with Gasteiger partial charge in [0.05, 0.1) is 6.61 Å². The van der Waals surface area contributed by atoms with Crippen LogP contribution in [0.4, 0.5) is 17.3 Å². The highest BCUT2D eigenvalue weighted by Gasteiger charge is 2.13. The number of rotatable bonds is 11. The Morgan fingerprint density at radius 2 is 1.68 bits per heavy atom. The van der Waals surface area contributed by atoms with Gasteiger partial charge < -0.3 is 15.4 Å². The number of anilines is 3. The first kappa shape index (κ1) is 22.3. The Bertz CT molecular complexity index is 945. The van der Waals surface area contributed by atoms with Gasteiger partial charge in [-0.25, -0.2) is 9.97 Å². The van der Waals surface area contributed by atoms with Crippen molar-refractivity contribution < 1.29 is 9.53 Å². The number of esters is 1. The average molecular weight is 419 g/mol. The molecule has 0 aliphatic carbocycles. The van der Waals surface area contributed by atoms with Crippen molar-refractivity contribution in [2.24, 2.45) is 0 Å². The Labute approximate surface area is 184 Å². The molecule has 2 aromatic heterocycles. The molecule has 6 heteroatoms. The molecule has 2 heterocycles. The van der Waals surface area contributed by atoms with E-state index in [9.17, 15) is 4.79 Å². The number of carbonyl (C=O) groups excluding carboxylic acids is 1. The van der Waals surface area contributed by atoms with Crippen molar-refractivity contribution in [1.29, 1.82) is 0 Å². The van der Waals surface area contributed by atoms with Crippen molar-refractivity contribution in [2.75, 3.05) is 23.8 Å². The molecule has 3 aromatic rings. The van der Waals surface area contributed by atoms with Gasteiger partial charge in [0.2, 0.25) is 0 Å². The quantitative estimate of drug-likeness (QED) is 0.256. The van der Waals surface area contributed by atoms with Crippen molar-refractivity contribution in [3.05, 3.63) is 67.0 Å². The predicted molar refractivity (Wildman–Crippen MR) is 125 cm³/mol. The van der Waals surface area contributed by atoms with Crippen LogP contribution in [-0.2, 0) is 9.53 Å². The first-order valence-electron chi connectivity index (χ1n) is 10.8. The Morgan fingerprint density at radius 3 is 2.42 bits per heavy atom. The van der Waals surface area contributed by atoms with E-state index in [0.29, 0.717) is 13.0 Å². The standard InChI is InChI=1S/C25H30N4O2/c1-2-31-25(30)10-5-3-4-8-18-29(23-9-6-7-16-27-23)24-19-21(15-17-28-24)20-11-13-22(26)14-12-20/h6-7,9,11-17,19H,2-5,8,10,18,26H2,1H3. The van der Waals surface area contributed by atoms with Gasteiger partial charge in [-0.2, -0.15) is 0 Å². The lowest BCUT2D eigenvalue weighted by molar-refractivity contribution is -0.143. The van der Waals surface area contributed by atoms with Gasteiger partial charge in [-0.05, 0) is 67.3 Å². The Hall–Kier alpha value is -3.41. The number of hydrogen-bond donors (Lipinski definition) is 1. The van der Waals surface area contributed by atoms with Gasteiger partial charge in [0.15, 0.2) is 0 Å². The number of nitrogens with zero attached hydrogens (tertiary/aromatic N) is 3. The molecule has 0 fully saturated rings. The van der Waals surface area contributed by atoms with Crippen molar-refractivity contribution in [1.82, 2.24) is 9.97 Å². The van der Waals surface area contributed by atoms with E-state index in [-0.39, 0.29) is 5.97 Å². The second-order valence-electron chi connectivity index (χ2n) is 7.33. The van der Waals surface area contributed by atoms with E-state index in [1.807, 2.05) is 61.7 Å².